The van der Waals surface area contributed by atoms with E-state index >= 15 is 0 Å². The second kappa shape index (κ2) is 4.30. The van der Waals surface area contributed by atoms with Gasteiger partial charge in [0, 0.05) is 16.5 Å². The van der Waals surface area contributed by atoms with E-state index in [9.17, 15) is 10.2 Å². The van der Waals surface area contributed by atoms with Crippen LogP contribution in [0.25, 0.3) is 27.1 Å². The van der Waals surface area contributed by atoms with Gasteiger partial charge in [-0.2, -0.15) is 0 Å². The van der Waals surface area contributed by atoms with Crippen LogP contribution in [0.4, 0.5) is 5.69 Å². The first kappa shape index (κ1) is 13.7. The van der Waals surface area contributed by atoms with Crippen molar-refractivity contribution >= 4 is 16.7 Å². The molecule has 0 aliphatic heterocycles. The van der Waals surface area contributed by atoms with Gasteiger partial charge in [0.1, 0.15) is 22.8 Å². The van der Waals surface area contributed by atoms with Crippen LogP contribution in [0.3, 0.4) is 0 Å². The summed E-state index contributed by atoms with van der Waals surface area (Å²) >= 11 is 0. The van der Waals surface area contributed by atoms with Gasteiger partial charge in [-0.15, -0.1) is 0 Å². The van der Waals surface area contributed by atoms with Crippen molar-refractivity contribution in [3.8, 4) is 22.8 Å². The average molecular weight is 305 g/mol. The van der Waals surface area contributed by atoms with Gasteiger partial charge in [-0.1, -0.05) is 13.8 Å². The van der Waals surface area contributed by atoms with Crippen LogP contribution in [0.15, 0.2) is 34.7 Å². The van der Waals surface area contributed by atoms with Crippen molar-refractivity contribution in [2.45, 2.75) is 25.7 Å². The standard InChI is InChI=1S/C19H15NO3/c1-19(2)9-14-13-6-11(22)8-16(20-3)18(13)23-17(14)12-5-4-10(21)7-15(12)19/h4-8,21-22H,9H2,1-2H3. The van der Waals surface area contributed by atoms with Gasteiger partial charge in [0.05, 0.1) is 6.57 Å². The lowest BCUT2D eigenvalue weighted by molar-refractivity contribution is 0.464. The van der Waals surface area contributed by atoms with Gasteiger partial charge in [-0.05, 0) is 47.7 Å². The Kier molecular flexibility index (Phi) is 2.56. The molecule has 4 heteroatoms. The zero-order valence-electron chi connectivity index (χ0n) is 12.8. The second-order valence-electron chi connectivity index (χ2n) is 6.65. The highest BCUT2D eigenvalue weighted by molar-refractivity contribution is 5.98. The third kappa shape index (κ3) is 1.83. The summed E-state index contributed by atoms with van der Waals surface area (Å²) < 4.78 is 6.02. The predicted molar refractivity (Wildman–Crippen MR) is 88.0 cm³/mol. The number of nitrogens with zero attached hydrogens (tertiary/aromatic N) is 1. The van der Waals surface area contributed by atoms with Crippen molar-refractivity contribution in [1.82, 2.24) is 0 Å². The molecule has 4 rings (SSSR count). The fraction of sp³-hybridized carbons (Fsp3) is 0.211. The van der Waals surface area contributed by atoms with E-state index in [0.29, 0.717) is 17.7 Å². The molecule has 0 unspecified atom stereocenters. The molecule has 4 nitrogen and oxygen atoms in total. The first-order chi connectivity index (χ1) is 10.9. The molecule has 0 saturated carbocycles. The molecular formula is C19H15NO3. The Bertz CT molecular complexity index is 1010. The molecule has 0 bridgehead atoms. The van der Waals surface area contributed by atoms with Crippen molar-refractivity contribution in [1.29, 1.82) is 0 Å². The van der Waals surface area contributed by atoms with Gasteiger partial charge in [-0.3, -0.25) is 0 Å². The summed E-state index contributed by atoms with van der Waals surface area (Å²) in [5.74, 6) is 1.03. The summed E-state index contributed by atoms with van der Waals surface area (Å²) in [5.41, 5.74) is 3.61. The Balaban J connectivity index is 2.13. The molecule has 0 saturated heterocycles. The van der Waals surface area contributed by atoms with Crippen LogP contribution in [0.5, 0.6) is 11.5 Å². The molecule has 1 aromatic heterocycles. The number of phenols is 2. The number of aromatic hydroxyl groups is 2. The van der Waals surface area contributed by atoms with Crippen LogP contribution in [-0.2, 0) is 11.8 Å². The van der Waals surface area contributed by atoms with E-state index in [1.165, 1.54) is 6.07 Å². The lowest BCUT2D eigenvalue weighted by Gasteiger charge is -2.32. The zero-order valence-corrected chi connectivity index (χ0v) is 12.8. The molecular weight excluding hydrogens is 290 g/mol. The summed E-state index contributed by atoms with van der Waals surface area (Å²) in [4.78, 5) is 3.47. The quantitative estimate of drug-likeness (QED) is 0.581. The summed E-state index contributed by atoms with van der Waals surface area (Å²) in [6.45, 7) is 11.5. The predicted octanol–water partition coefficient (Wildman–Crippen LogP) is 4.90. The second-order valence-corrected chi connectivity index (χ2v) is 6.65. The van der Waals surface area contributed by atoms with Crippen molar-refractivity contribution in [3.05, 3.63) is 52.9 Å². The van der Waals surface area contributed by atoms with E-state index in [0.717, 1.165) is 27.8 Å². The van der Waals surface area contributed by atoms with Crippen LogP contribution < -0.4 is 0 Å². The van der Waals surface area contributed by atoms with E-state index in [1.807, 2.05) is 6.07 Å². The normalized spacial score (nSPS) is 15.0. The van der Waals surface area contributed by atoms with Crippen molar-refractivity contribution in [2.24, 2.45) is 0 Å². The maximum Gasteiger partial charge on any atom is 0.233 e. The summed E-state index contributed by atoms with van der Waals surface area (Å²) in [7, 11) is 0. The summed E-state index contributed by atoms with van der Waals surface area (Å²) in [6, 6.07) is 8.36. The molecule has 114 valence electrons. The third-order valence-corrected chi connectivity index (χ3v) is 4.57. The highest BCUT2D eigenvalue weighted by Crippen LogP contribution is 2.49. The van der Waals surface area contributed by atoms with Crippen molar-refractivity contribution < 1.29 is 14.6 Å². The van der Waals surface area contributed by atoms with Crippen molar-refractivity contribution in [2.75, 3.05) is 0 Å². The lowest BCUT2D eigenvalue weighted by atomic mass is 9.72. The van der Waals surface area contributed by atoms with E-state index in [4.69, 9.17) is 11.0 Å². The monoisotopic (exact) mass is 305 g/mol. The molecule has 0 fully saturated rings. The number of hydrogen-bond donors (Lipinski definition) is 2. The molecule has 1 aliphatic carbocycles. The molecule has 2 aromatic carbocycles. The van der Waals surface area contributed by atoms with Gasteiger partial charge >= 0.3 is 0 Å². The minimum atomic E-state index is -0.179. The lowest BCUT2D eigenvalue weighted by Crippen LogP contribution is -2.24. The Labute approximate surface area is 133 Å². The highest BCUT2D eigenvalue weighted by Gasteiger charge is 2.35. The Morgan fingerprint density at radius 1 is 1.13 bits per heavy atom. The molecule has 1 heterocycles. The molecule has 0 radical (unpaired) electrons. The SMILES string of the molecule is [C-]#[N+]c1cc(O)cc2c3c(oc12)-c1ccc(O)cc1C(C)(C)C3. The van der Waals surface area contributed by atoms with Crippen molar-refractivity contribution in [3.63, 3.8) is 0 Å². The van der Waals surface area contributed by atoms with Gasteiger partial charge in [-0.25, -0.2) is 4.85 Å². The van der Waals surface area contributed by atoms with Crippen LogP contribution in [0.2, 0.25) is 0 Å². The minimum Gasteiger partial charge on any atom is -0.509 e. The van der Waals surface area contributed by atoms with Gasteiger partial charge < -0.3 is 14.6 Å². The molecule has 0 atom stereocenters. The molecule has 3 aromatic rings. The number of hydrogen-bond acceptors (Lipinski definition) is 3. The maximum atomic E-state index is 9.91. The number of phenolic OH excluding ortho intramolecular Hbond substituents is 2. The Morgan fingerprint density at radius 3 is 2.65 bits per heavy atom. The topological polar surface area (TPSA) is 58.0 Å². The minimum absolute atomic E-state index is 0.0707. The van der Waals surface area contributed by atoms with Gasteiger partial charge in [0.15, 0.2) is 0 Å². The largest absolute Gasteiger partial charge is 0.509 e. The van der Waals surface area contributed by atoms with Crippen LogP contribution >= 0.6 is 0 Å². The van der Waals surface area contributed by atoms with Crippen LogP contribution in [0, 0.1) is 6.57 Å². The smallest absolute Gasteiger partial charge is 0.233 e. The number of rotatable bonds is 0. The molecule has 23 heavy (non-hydrogen) atoms. The zero-order chi connectivity index (χ0) is 16.4. The maximum absolute atomic E-state index is 9.91. The number of fused-ring (bicyclic) bond motifs is 5. The first-order valence-electron chi connectivity index (χ1n) is 7.40. The van der Waals surface area contributed by atoms with Gasteiger partial charge in [0.2, 0.25) is 5.69 Å². The Morgan fingerprint density at radius 2 is 1.91 bits per heavy atom. The highest BCUT2D eigenvalue weighted by atomic mass is 16.3. The average Bonchev–Trinajstić information content (AvgIpc) is 2.84. The fourth-order valence-corrected chi connectivity index (χ4v) is 3.52. The Hall–Kier alpha value is -2.93. The number of benzene rings is 2. The molecule has 2 N–H and O–H groups in total. The van der Waals surface area contributed by atoms with Crippen LogP contribution in [0.1, 0.15) is 25.0 Å². The van der Waals surface area contributed by atoms with E-state index in [1.54, 1.807) is 18.2 Å². The van der Waals surface area contributed by atoms with E-state index < -0.39 is 0 Å². The third-order valence-electron chi connectivity index (χ3n) is 4.57. The van der Waals surface area contributed by atoms with E-state index in [-0.39, 0.29) is 16.9 Å². The summed E-state index contributed by atoms with van der Waals surface area (Å²) in [6.07, 6.45) is 0.715. The summed E-state index contributed by atoms with van der Waals surface area (Å²) in [5, 5.41) is 20.5. The number of furan rings is 1. The fourth-order valence-electron chi connectivity index (χ4n) is 3.52. The van der Waals surface area contributed by atoms with E-state index in [2.05, 4.69) is 18.7 Å². The van der Waals surface area contributed by atoms with Gasteiger partial charge in [0.25, 0.3) is 0 Å². The first-order valence-corrected chi connectivity index (χ1v) is 7.40. The molecule has 0 amide bonds. The van der Waals surface area contributed by atoms with Crippen LogP contribution in [-0.4, -0.2) is 10.2 Å². The molecule has 0 spiro atoms. The molecule has 1 aliphatic rings.